The molecule has 0 aliphatic carbocycles. The van der Waals surface area contributed by atoms with Gasteiger partial charge in [0.05, 0.1) is 12.0 Å². The first-order valence-electron chi connectivity index (χ1n) is 7.41. The Hall–Kier alpha value is -1.62. The molecule has 5 heteroatoms. The molecule has 110 valence electrons. The number of hydrogen-bond donors (Lipinski definition) is 1. The first kappa shape index (κ1) is 14.8. The lowest BCUT2D eigenvalue weighted by Crippen LogP contribution is -2.15. The molecule has 0 fully saturated rings. The molecule has 0 aliphatic rings. The minimum atomic E-state index is 0.924. The Labute approximate surface area is 121 Å². The van der Waals surface area contributed by atoms with Crippen molar-refractivity contribution in [1.82, 2.24) is 24.6 Å². The molecular formula is C15H25N5. The summed E-state index contributed by atoms with van der Waals surface area (Å²) in [5.41, 5.74) is 3.78. The Morgan fingerprint density at radius 1 is 1.25 bits per heavy atom. The van der Waals surface area contributed by atoms with Crippen LogP contribution in [0.1, 0.15) is 36.7 Å². The third kappa shape index (κ3) is 3.70. The van der Waals surface area contributed by atoms with Crippen LogP contribution in [0.2, 0.25) is 0 Å². The first-order valence-corrected chi connectivity index (χ1v) is 7.41. The van der Waals surface area contributed by atoms with Gasteiger partial charge in [-0.05, 0) is 33.2 Å². The van der Waals surface area contributed by atoms with E-state index in [1.54, 1.807) is 0 Å². The van der Waals surface area contributed by atoms with Crippen molar-refractivity contribution >= 4 is 0 Å². The van der Waals surface area contributed by atoms with Crippen LogP contribution in [0.5, 0.6) is 0 Å². The minimum Gasteiger partial charge on any atom is -0.337 e. The zero-order valence-corrected chi connectivity index (χ0v) is 12.8. The molecule has 0 unspecified atom stereocenters. The summed E-state index contributed by atoms with van der Waals surface area (Å²) in [4.78, 5) is 4.06. The lowest BCUT2D eigenvalue weighted by Gasteiger charge is -2.07. The van der Waals surface area contributed by atoms with E-state index in [4.69, 9.17) is 0 Å². The molecule has 1 N–H and O–H groups in total. The molecule has 0 saturated carbocycles. The smallest absolute Gasteiger partial charge is 0.0945 e. The molecular weight excluding hydrogens is 250 g/mol. The highest BCUT2D eigenvalue weighted by molar-refractivity contribution is 5.24. The van der Waals surface area contributed by atoms with Gasteiger partial charge in [-0.25, -0.2) is 4.98 Å². The van der Waals surface area contributed by atoms with Crippen LogP contribution in [0, 0.1) is 13.8 Å². The Kier molecular flexibility index (Phi) is 5.35. The molecule has 0 amide bonds. The lowest BCUT2D eigenvalue weighted by atomic mass is 10.2. The molecule has 0 saturated heterocycles. The third-order valence-corrected chi connectivity index (χ3v) is 3.61. The molecule has 0 bridgehead atoms. The van der Waals surface area contributed by atoms with E-state index < -0.39 is 0 Å². The largest absolute Gasteiger partial charge is 0.337 e. The van der Waals surface area contributed by atoms with Crippen LogP contribution in [-0.2, 0) is 19.6 Å². The summed E-state index contributed by atoms with van der Waals surface area (Å²) in [5, 5.41) is 8.12. The summed E-state index contributed by atoms with van der Waals surface area (Å²) in [6.45, 7) is 10.4. The quantitative estimate of drug-likeness (QED) is 0.752. The second kappa shape index (κ2) is 7.24. The Balaban J connectivity index is 1.89. The molecule has 0 atom stereocenters. The van der Waals surface area contributed by atoms with Crippen molar-refractivity contribution in [3.8, 4) is 0 Å². The Morgan fingerprint density at radius 3 is 2.80 bits per heavy atom. The van der Waals surface area contributed by atoms with Crippen LogP contribution in [0.4, 0.5) is 0 Å². The van der Waals surface area contributed by atoms with Crippen LogP contribution in [0.25, 0.3) is 0 Å². The number of nitrogens with zero attached hydrogens (tertiary/aromatic N) is 4. The van der Waals surface area contributed by atoms with Gasteiger partial charge in [0.1, 0.15) is 0 Å². The van der Waals surface area contributed by atoms with Crippen molar-refractivity contribution in [2.75, 3.05) is 6.54 Å². The van der Waals surface area contributed by atoms with E-state index in [1.165, 1.54) is 11.3 Å². The van der Waals surface area contributed by atoms with Crippen LogP contribution in [0.15, 0.2) is 18.7 Å². The SMILES string of the molecule is CCCNCc1c(C)nn(CCCn2ccnc2)c1C. The highest BCUT2D eigenvalue weighted by Gasteiger charge is 2.10. The maximum Gasteiger partial charge on any atom is 0.0945 e. The second-order valence-corrected chi connectivity index (χ2v) is 5.20. The average molecular weight is 275 g/mol. The average Bonchev–Trinajstić information content (AvgIpc) is 3.03. The number of nitrogens with one attached hydrogen (secondary N) is 1. The topological polar surface area (TPSA) is 47.7 Å². The van der Waals surface area contributed by atoms with Crippen LogP contribution in [0.3, 0.4) is 0 Å². The number of aryl methyl sites for hydroxylation is 3. The summed E-state index contributed by atoms with van der Waals surface area (Å²) in [7, 11) is 0. The lowest BCUT2D eigenvalue weighted by molar-refractivity contribution is 0.515. The number of rotatable bonds is 8. The molecule has 0 aliphatic heterocycles. The number of aromatic nitrogens is 4. The summed E-state index contributed by atoms with van der Waals surface area (Å²) >= 11 is 0. The molecule has 0 spiro atoms. The highest BCUT2D eigenvalue weighted by Crippen LogP contribution is 2.13. The fraction of sp³-hybridized carbons (Fsp3) is 0.600. The van der Waals surface area contributed by atoms with E-state index >= 15 is 0 Å². The van der Waals surface area contributed by atoms with Crippen LogP contribution in [-0.4, -0.2) is 25.9 Å². The Morgan fingerprint density at radius 2 is 2.10 bits per heavy atom. The van der Waals surface area contributed by atoms with Crippen LogP contribution < -0.4 is 5.32 Å². The molecule has 20 heavy (non-hydrogen) atoms. The van der Waals surface area contributed by atoms with Gasteiger partial charge in [0.25, 0.3) is 0 Å². The van der Waals surface area contributed by atoms with Crippen molar-refractivity contribution in [3.05, 3.63) is 35.7 Å². The molecule has 2 aromatic heterocycles. The van der Waals surface area contributed by atoms with Gasteiger partial charge in [-0.3, -0.25) is 4.68 Å². The van der Waals surface area contributed by atoms with Gasteiger partial charge in [-0.2, -0.15) is 5.10 Å². The fourth-order valence-corrected chi connectivity index (χ4v) is 2.42. The van der Waals surface area contributed by atoms with E-state index in [2.05, 4.69) is 45.4 Å². The molecule has 2 heterocycles. The minimum absolute atomic E-state index is 0.924. The van der Waals surface area contributed by atoms with Crippen LogP contribution >= 0.6 is 0 Å². The van der Waals surface area contributed by atoms with Crippen molar-refractivity contribution in [3.63, 3.8) is 0 Å². The summed E-state index contributed by atoms with van der Waals surface area (Å²) in [6.07, 6.45) is 7.92. The molecule has 0 aromatic carbocycles. The molecule has 2 rings (SSSR count). The van der Waals surface area contributed by atoms with E-state index in [9.17, 15) is 0 Å². The monoisotopic (exact) mass is 275 g/mol. The summed E-state index contributed by atoms with van der Waals surface area (Å²) < 4.78 is 4.24. The Bertz CT molecular complexity index is 513. The maximum absolute atomic E-state index is 4.66. The predicted molar refractivity (Wildman–Crippen MR) is 80.5 cm³/mol. The van der Waals surface area contributed by atoms with Gasteiger partial charge in [0, 0.05) is 43.3 Å². The number of imidazole rings is 1. The van der Waals surface area contributed by atoms with E-state index in [-0.39, 0.29) is 0 Å². The van der Waals surface area contributed by atoms with Gasteiger partial charge >= 0.3 is 0 Å². The van der Waals surface area contributed by atoms with Crippen molar-refractivity contribution < 1.29 is 0 Å². The normalized spacial score (nSPS) is 11.2. The standard InChI is InChI=1S/C15H25N5/c1-4-6-16-11-15-13(2)18-20(14(15)3)9-5-8-19-10-7-17-12-19/h7,10,12,16H,4-6,8-9,11H2,1-3H3. The molecule has 5 nitrogen and oxygen atoms in total. The van der Waals surface area contributed by atoms with Gasteiger partial charge < -0.3 is 9.88 Å². The zero-order chi connectivity index (χ0) is 14.4. The molecule has 0 radical (unpaired) electrons. The maximum atomic E-state index is 4.66. The third-order valence-electron chi connectivity index (χ3n) is 3.61. The van der Waals surface area contributed by atoms with Gasteiger partial charge in [-0.15, -0.1) is 0 Å². The van der Waals surface area contributed by atoms with Crippen molar-refractivity contribution in [1.29, 1.82) is 0 Å². The predicted octanol–water partition coefficient (Wildman–Crippen LogP) is 2.29. The summed E-state index contributed by atoms with van der Waals surface area (Å²) in [6, 6.07) is 0. The van der Waals surface area contributed by atoms with Gasteiger partial charge in [0.2, 0.25) is 0 Å². The van der Waals surface area contributed by atoms with Crippen molar-refractivity contribution in [2.45, 2.75) is 53.2 Å². The van der Waals surface area contributed by atoms with Gasteiger partial charge in [0.15, 0.2) is 0 Å². The highest BCUT2D eigenvalue weighted by atomic mass is 15.3. The van der Waals surface area contributed by atoms with E-state index in [0.29, 0.717) is 0 Å². The fourth-order valence-electron chi connectivity index (χ4n) is 2.42. The van der Waals surface area contributed by atoms with E-state index in [1.807, 2.05) is 18.7 Å². The van der Waals surface area contributed by atoms with Crippen molar-refractivity contribution in [2.24, 2.45) is 0 Å². The summed E-state index contributed by atoms with van der Waals surface area (Å²) in [5.74, 6) is 0. The van der Waals surface area contributed by atoms with Gasteiger partial charge in [-0.1, -0.05) is 6.92 Å². The molecule has 2 aromatic rings. The van der Waals surface area contributed by atoms with E-state index in [0.717, 1.165) is 44.7 Å². The number of hydrogen-bond acceptors (Lipinski definition) is 3. The second-order valence-electron chi connectivity index (χ2n) is 5.20. The first-order chi connectivity index (χ1) is 9.72. The zero-order valence-electron chi connectivity index (χ0n) is 12.8.